The largest absolute Gasteiger partial charge is 0.118 e. The summed E-state index contributed by atoms with van der Waals surface area (Å²) < 4.78 is 0. The summed E-state index contributed by atoms with van der Waals surface area (Å²) in [4.78, 5) is 0. The number of benzene rings is 4. The molecule has 0 bridgehead atoms. The van der Waals surface area contributed by atoms with Crippen molar-refractivity contribution in [1.29, 1.82) is 0 Å². The minimum absolute atomic E-state index is 0. The van der Waals surface area contributed by atoms with Gasteiger partial charge in [-0.3, -0.25) is 0 Å². The smallest absolute Gasteiger partial charge is 0.0817 e. The third kappa shape index (κ3) is 11.6. The van der Waals surface area contributed by atoms with E-state index >= 15 is 0 Å². The molecule has 0 amide bonds. The van der Waals surface area contributed by atoms with Crippen molar-refractivity contribution in [2.45, 2.75) is 6.55 Å². The molecule has 4 rings (SSSR count). The van der Waals surface area contributed by atoms with Gasteiger partial charge in [0.05, 0.1) is 0 Å². The van der Waals surface area contributed by atoms with Crippen LogP contribution in [0.4, 0.5) is 0 Å². The van der Waals surface area contributed by atoms with Gasteiger partial charge in [-0.15, -0.1) is 0 Å². The Morgan fingerprint density at radius 1 is 0.424 bits per heavy atom. The summed E-state index contributed by atoms with van der Waals surface area (Å²) >= 11 is 0. The first-order valence-electron chi connectivity index (χ1n) is 10.9. The van der Waals surface area contributed by atoms with E-state index in [1.807, 2.05) is 0 Å². The van der Waals surface area contributed by atoms with Crippen molar-refractivity contribution in [3.8, 4) is 0 Å². The van der Waals surface area contributed by atoms with E-state index < -0.39 is 8.80 Å². The second-order valence-corrected chi connectivity index (χ2v) is 14.8. The molecule has 0 atom stereocenters. The van der Waals surface area contributed by atoms with E-state index in [-0.39, 0.29) is 36.9 Å². The molecule has 0 nitrogen and oxygen atoms in total. The molecule has 0 saturated carbocycles. The maximum Gasteiger partial charge on any atom is 0.118 e. The van der Waals surface area contributed by atoms with Gasteiger partial charge in [0.25, 0.3) is 0 Å². The summed E-state index contributed by atoms with van der Waals surface area (Å²) in [5.74, 6) is 0. The fraction of sp³-hybridized carbons (Fsp3) is 0.172. The predicted molar refractivity (Wildman–Crippen MR) is 153 cm³/mol. The summed E-state index contributed by atoms with van der Waals surface area (Å²) in [6.45, 7) is 11.4. The van der Waals surface area contributed by atoms with Crippen LogP contribution in [0.1, 0.15) is 0 Å². The standard InChI is InChI=1S/C13H13Si.2C8H11P.Pt/c1-14(12-8-4-2-5-9-12)13-10-6-3-7-11-13;2*1-9(2)8-6-4-3-5-7-8;/h2-11H,1H3;2*3-7H,1-2H3;. The minimum atomic E-state index is -0.545. The number of hydrogen-bond acceptors (Lipinski definition) is 0. The molecule has 175 valence electrons. The molecule has 0 aliphatic carbocycles. The van der Waals surface area contributed by atoms with Crippen LogP contribution in [-0.4, -0.2) is 35.5 Å². The molecule has 0 aliphatic rings. The summed E-state index contributed by atoms with van der Waals surface area (Å²) in [5.41, 5.74) is 0. The Kier molecular flexibility index (Phi) is 15.4. The molecule has 0 aromatic heterocycles. The van der Waals surface area contributed by atoms with Crippen molar-refractivity contribution in [3.63, 3.8) is 0 Å². The molecule has 0 aliphatic heterocycles. The molecule has 4 aromatic rings. The van der Waals surface area contributed by atoms with E-state index in [1.165, 1.54) is 21.0 Å². The van der Waals surface area contributed by atoms with Crippen LogP contribution in [0.15, 0.2) is 121 Å². The third-order valence-electron chi connectivity index (χ3n) is 4.96. The fourth-order valence-corrected chi connectivity index (χ4v) is 6.25. The molecule has 0 spiro atoms. The molecular weight excluding hydrogens is 633 g/mol. The van der Waals surface area contributed by atoms with E-state index in [9.17, 15) is 0 Å². The van der Waals surface area contributed by atoms with Gasteiger partial charge in [-0.05, 0) is 37.3 Å². The summed E-state index contributed by atoms with van der Waals surface area (Å²) in [7, 11) is -0.336. The van der Waals surface area contributed by atoms with Crippen molar-refractivity contribution >= 4 is 45.6 Å². The quantitative estimate of drug-likeness (QED) is 0.184. The monoisotopic (exact) mass is 668 g/mol. The Morgan fingerprint density at radius 3 is 0.879 bits per heavy atom. The minimum Gasteiger partial charge on any atom is -0.0817 e. The SMILES string of the molecule is CP(C)c1ccccc1.CP(C)c1ccccc1.C[Si](c1ccccc1)c1ccccc1.[Pt]. The van der Waals surface area contributed by atoms with Crippen LogP contribution >= 0.6 is 15.8 Å². The fourth-order valence-electron chi connectivity index (χ4n) is 3.00. The first-order valence-corrected chi connectivity index (χ1v) is 17.4. The van der Waals surface area contributed by atoms with Crippen molar-refractivity contribution < 1.29 is 21.1 Å². The Morgan fingerprint density at radius 2 is 0.667 bits per heavy atom. The molecule has 33 heavy (non-hydrogen) atoms. The number of hydrogen-bond donors (Lipinski definition) is 0. The Hall–Kier alpha value is -1.35. The van der Waals surface area contributed by atoms with Gasteiger partial charge in [0.2, 0.25) is 0 Å². The summed E-state index contributed by atoms with van der Waals surface area (Å²) in [6.07, 6.45) is 0. The second kappa shape index (κ2) is 17.1. The molecular formula is C29H35P2PtSi. The van der Waals surface area contributed by atoms with E-state index in [2.05, 4.69) is 155 Å². The summed E-state index contributed by atoms with van der Waals surface area (Å²) in [5, 5.41) is 5.91. The Balaban J connectivity index is 0.000000254. The van der Waals surface area contributed by atoms with Gasteiger partial charge in [0.1, 0.15) is 8.80 Å². The van der Waals surface area contributed by atoms with Crippen molar-refractivity contribution in [2.75, 3.05) is 26.7 Å². The zero-order valence-electron chi connectivity index (χ0n) is 20.3. The van der Waals surface area contributed by atoms with Crippen LogP contribution < -0.4 is 21.0 Å². The van der Waals surface area contributed by atoms with Gasteiger partial charge >= 0.3 is 0 Å². The maximum absolute atomic E-state index is 2.34. The zero-order valence-corrected chi connectivity index (χ0v) is 25.3. The van der Waals surface area contributed by atoms with E-state index in [1.54, 1.807) is 0 Å². The van der Waals surface area contributed by atoms with Gasteiger partial charge in [0.15, 0.2) is 0 Å². The van der Waals surface area contributed by atoms with E-state index in [4.69, 9.17) is 0 Å². The Bertz CT molecular complexity index is 896. The average molecular weight is 669 g/mol. The normalized spacial score (nSPS) is 9.94. The molecule has 0 unspecified atom stereocenters. The van der Waals surface area contributed by atoms with E-state index in [0.717, 1.165) is 0 Å². The Labute approximate surface area is 220 Å². The van der Waals surface area contributed by atoms with Crippen LogP contribution in [0.5, 0.6) is 0 Å². The molecule has 4 heteroatoms. The molecule has 0 N–H and O–H groups in total. The van der Waals surface area contributed by atoms with Crippen molar-refractivity contribution in [2.24, 2.45) is 0 Å². The first kappa shape index (κ1) is 29.7. The second-order valence-electron chi connectivity index (χ2n) is 7.82. The van der Waals surface area contributed by atoms with Crippen LogP contribution in [0, 0.1) is 0 Å². The molecule has 0 heterocycles. The van der Waals surface area contributed by atoms with Crippen LogP contribution in [0.25, 0.3) is 0 Å². The molecule has 1 radical (unpaired) electrons. The van der Waals surface area contributed by atoms with Gasteiger partial charge < -0.3 is 0 Å². The van der Waals surface area contributed by atoms with Crippen molar-refractivity contribution in [3.05, 3.63) is 121 Å². The van der Waals surface area contributed by atoms with Crippen LogP contribution in [0.3, 0.4) is 0 Å². The van der Waals surface area contributed by atoms with Gasteiger partial charge in [-0.1, -0.05) is 154 Å². The third-order valence-corrected chi connectivity index (χ3v) is 10.0. The predicted octanol–water partition coefficient (Wildman–Crippen LogP) is 6.03. The maximum atomic E-state index is 2.34. The van der Waals surface area contributed by atoms with Gasteiger partial charge in [0, 0.05) is 21.1 Å². The van der Waals surface area contributed by atoms with Crippen LogP contribution in [-0.2, 0) is 21.1 Å². The molecule has 4 aromatic carbocycles. The van der Waals surface area contributed by atoms with Crippen LogP contribution in [0.2, 0.25) is 6.55 Å². The summed E-state index contributed by atoms with van der Waals surface area (Å²) in [6, 6.07) is 42.8. The number of rotatable bonds is 4. The first-order chi connectivity index (χ1) is 15.5. The topological polar surface area (TPSA) is 0 Å². The van der Waals surface area contributed by atoms with Gasteiger partial charge in [-0.25, -0.2) is 0 Å². The van der Waals surface area contributed by atoms with Crippen molar-refractivity contribution in [1.82, 2.24) is 0 Å². The average Bonchev–Trinajstić information content (AvgIpc) is 2.86. The van der Waals surface area contributed by atoms with Gasteiger partial charge in [-0.2, -0.15) is 0 Å². The molecule has 0 saturated heterocycles. The zero-order chi connectivity index (χ0) is 23.2. The molecule has 0 fully saturated rings. The van der Waals surface area contributed by atoms with E-state index in [0.29, 0.717) is 0 Å².